The quantitative estimate of drug-likeness (QED) is 0.781. The second-order valence-electron chi connectivity index (χ2n) is 4.83. The molecule has 0 aromatic carbocycles. The topological polar surface area (TPSA) is 44.2 Å². The average molecular weight is 260 g/mol. The van der Waals surface area contributed by atoms with E-state index in [-0.39, 0.29) is 6.10 Å². The van der Waals surface area contributed by atoms with Crippen LogP contribution >= 0.6 is 0 Å². The van der Waals surface area contributed by atoms with Crippen molar-refractivity contribution in [3.63, 3.8) is 0 Å². The summed E-state index contributed by atoms with van der Waals surface area (Å²) in [5.41, 5.74) is 0. The lowest BCUT2D eigenvalue weighted by molar-refractivity contribution is 0.0969. The van der Waals surface area contributed by atoms with Crippen molar-refractivity contribution in [2.24, 2.45) is 5.92 Å². The fraction of sp³-hybridized carbons (Fsp3) is 0.600. The van der Waals surface area contributed by atoms with Crippen LogP contribution in [0.2, 0.25) is 0 Å². The van der Waals surface area contributed by atoms with Crippen LogP contribution in [0.1, 0.15) is 39.5 Å². The van der Waals surface area contributed by atoms with Gasteiger partial charge in [-0.3, -0.25) is 0 Å². The molecule has 102 valence electrons. The van der Waals surface area contributed by atoms with Gasteiger partial charge in [-0.15, -0.1) is 5.92 Å². The van der Waals surface area contributed by atoms with E-state index in [4.69, 9.17) is 9.47 Å². The molecule has 1 aromatic rings. The first kappa shape index (κ1) is 13.7. The minimum atomic E-state index is 0.256. The molecule has 1 heterocycles. The Balaban J connectivity index is 1.95. The summed E-state index contributed by atoms with van der Waals surface area (Å²) >= 11 is 0. The van der Waals surface area contributed by atoms with Crippen LogP contribution in [0.25, 0.3) is 0 Å². The van der Waals surface area contributed by atoms with Crippen LogP contribution < -0.4 is 9.47 Å². The van der Waals surface area contributed by atoms with Gasteiger partial charge in [-0.2, -0.15) is 0 Å². The van der Waals surface area contributed by atoms with Crippen molar-refractivity contribution in [1.29, 1.82) is 0 Å². The SMILES string of the molecule is CC#CCOc1cc(O[C@@H]2CCCC[C@@H]2C)ncn1. The first-order valence-corrected chi connectivity index (χ1v) is 6.80. The Labute approximate surface area is 114 Å². The highest BCUT2D eigenvalue weighted by molar-refractivity contribution is 5.19. The molecule has 0 saturated heterocycles. The molecule has 1 aromatic heterocycles. The second-order valence-corrected chi connectivity index (χ2v) is 4.83. The molecule has 2 atom stereocenters. The van der Waals surface area contributed by atoms with Gasteiger partial charge in [0.25, 0.3) is 0 Å². The summed E-state index contributed by atoms with van der Waals surface area (Å²) in [5, 5.41) is 0. The highest BCUT2D eigenvalue weighted by Gasteiger charge is 2.23. The average Bonchev–Trinajstić information content (AvgIpc) is 2.42. The van der Waals surface area contributed by atoms with Crippen molar-refractivity contribution < 1.29 is 9.47 Å². The summed E-state index contributed by atoms with van der Waals surface area (Å²) in [4.78, 5) is 8.19. The van der Waals surface area contributed by atoms with E-state index in [1.165, 1.54) is 25.6 Å². The zero-order valence-corrected chi connectivity index (χ0v) is 11.6. The molecular formula is C15H20N2O2. The predicted octanol–water partition coefficient (Wildman–Crippen LogP) is 2.84. The molecule has 4 heteroatoms. The summed E-state index contributed by atoms with van der Waals surface area (Å²) in [6, 6.07) is 1.73. The molecule has 1 fully saturated rings. The Morgan fingerprint density at radius 3 is 2.84 bits per heavy atom. The highest BCUT2D eigenvalue weighted by atomic mass is 16.5. The molecule has 0 unspecified atom stereocenters. The van der Waals surface area contributed by atoms with Gasteiger partial charge in [0.1, 0.15) is 12.4 Å². The molecule has 0 bridgehead atoms. The van der Waals surface area contributed by atoms with Gasteiger partial charge in [0.2, 0.25) is 11.8 Å². The van der Waals surface area contributed by atoms with Crippen LogP contribution in [-0.4, -0.2) is 22.7 Å². The summed E-state index contributed by atoms with van der Waals surface area (Å²) < 4.78 is 11.3. The van der Waals surface area contributed by atoms with Crippen LogP contribution in [0, 0.1) is 17.8 Å². The van der Waals surface area contributed by atoms with E-state index in [2.05, 4.69) is 28.7 Å². The molecule has 0 spiro atoms. The fourth-order valence-corrected chi connectivity index (χ4v) is 2.26. The van der Waals surface area contributed by atoms with Crippen molar-refractivity contribution in [3.8, 4) is 23.6 Å². The smallest absolute Gasteiger partial charge is 0.221 e. The van der Waals surface area contributed by atoms with Gasteiger partial charge in [-0.25, -0.2) is 9.97 Å². The van der Waals surface area contributed by atoms with Crippen LogP contribution in [-0.2, 0) is 0 Å². The number of ether oxygens (including phenoxy) is 2. The van der Waals surface area contributed by atoms with Crippen LogP contribution in [0.4, 0.5) is 0 Å². The molecule has 1 saturated carbocycles. The molecule has 0 N–H and O–H groups in total. The van der Waals surface area contributed by atoms with Crippen molar-refractivity contribution >= 4 is 0 Å². The molecule has 0 radical (unpaired) electrons. The minimum absolute atomic E-state index is 0.256. The molecule has 2 rings (SSSR count). The predicted molar refractivity (Wildman–Crippen MR) is 73.0 cm³/mol. The van der Waals surface area contributed by atoms with Gasteiger partial charge < -0.3 is 9.47 Å². The summed E-state index contributed by atoms with van der Waals surface area (Å²) in [7, 11) is 0. The Hall–Kier alpha value is -1.76. The Morgan fingerprint density at radius 2 is 2.05 bits per heavy atom. The van der Waals surface area contributed by atoms with E-state index in [1.54, 1.807) is 13.0 Å². The minimum Gasteiger partial charge on any atom is -0.474 e. The second kappa shape index (κ2) is 6.98. The van der Waals surface area contributed by atoms with Crippen LogP contribution in [0.5, 0.6) is 11.8 Å². The largest absolute Gasteiger partial charge is 0.474 e. The van der Waals surface area contributed by atoms with Gasteiger partial charge in [-0.1, -0.05) is 19.3 Å². The lowest BCUT2D eigenvalue weighted by Crippen LogP contribution is -2.28. The van der Waals surface area contributed by atoms with Gasteiger partial charge in [0.05, 0.1) is 6.07 Å². The first-order valence-electron chi connectivity index (χ1n) is 6.80. The Bertz CT molecular complexity index is 465. The summed E-state index contributed by atoms with van der Waals surface area (Å²) in [6.07, 6.45) is 6.59. The fourth-order valence-electron chi connectivity index (χ4n) is 2.26. The van der Waals surface area contributed by atoms with Crippen molar-refractivity contribution in [2.45, 2.75) is 45.6 Å². The normalized spacial score (nSPS) is 22.2. The zero-order chi connectivity index (χ0) is 13.5. The van der Waals surface area contributed by atoms with Crippen molar-refractivity contribution in [1.82, 2.24) is 9.97 Å². The van der Waals surface area contributed by atoms with E-state index in [9.17, 15) is 0 Å². The molecule has 1 aliphatic carbocycles. The zero-order valence-electron chi connectivity index (χ0n) is 11.6. The van der Waals surface area contributed by atoms with Gasteiger partial charge in [0.15, 0.2) is 6.61 Å². The van der Waals surface area contributed by atoms with E-state index >= 15 is 0 Å². The number of aromatic nitrogens is 2. The van der Waals surface area contributed by atoms with Gasteiger partial charge in [0, 0.05) is 0 Å². The first-order chi connectivity index (χ1) is 9.29. The maximum atomic E-state index is 5.95. The third-order valence-electron chi connectivity index (χ3n) is 3.39. The molecule has 19 heavy (non-hydrogen) atoms. The number of rotatable bonds is 4. The van der Waals surface area contributed by atoms with Gasteiger partial charge in [-0.05, 0) is 32.1 Å². The summed E-state index contributed by atoms with van der Waals surface area (Å²) in [5.74, 6) is 7.29. The molecular weight excluding hydrogens is 240 g/mol. The monoisotopic (exact) mass is 260 g/mol. The lowest BCUT2D eigenvalue weighted by Gasteiger charge is -2.28. The molecule has 0 amide bonds. The Kier molecular flexibility index (Phi) is 5.02. The van der Waals surface area contributed by atoms with E-state index < -0.39 is 0 Å². The number of nitrogens with zero attached hydrogens (tertiary/aromatic N) is 2. The number of hydrogen-bond donors (Lipinski definition) is 0. The molecule has 0 aliphatic heterocycles. The third kappa shape index (κ3) is 4.13. The van der Waals surface area contributed by atoms with Gasteiger partial charge >= 0.3 is 0 Å². The number of hydrogen-bond acceptors (Lipinski definition) is 4. The van der Waals surface area contributed by atoms with E-state index in [0.29, 0.717) is 24.3 Å². The van der Waals surface area contributed by atoms with Crippen molar-refractivity contribution in [3.05, 3.63) is 12.4 Å². The van der Waals surface area contributed by atoms with Crippen LogP contribution in [0.3, 0.4) is 0 Å². The lowest BCUT2D eigenvalue weighted by atomic mass is 9.88. The maximum absolute atomic E-state index is 5.95. The summed E-state index contributed by atoms with van der Waals surface area (Å²) in [6.45, 7) is 4.36. The van der Waals surface area contributed by atoms with E-state index in [0.717, 1.165) is 6.42 Å². The Morgan fingerprint density at radius 1 is 1.26 bits per heavy atom. The molecule has 4 nitrogen and oxygen atoms in total. The van der Waals surface area contributed by atoms with Crippen molar-refractivity contribution in [2.75, 3.05) is 6.61 Å². The third-order valence-corrected chi connectivity index (χ3v) is 3.39. The highest BCUT2D eigenvalue weighted by Crippen LogP contribution is 2.27. The molecule has 1 aliphatic rings. The standard InChI is InChI=1S/C15H20N2O2/c1-3-4-9-18-14-10-15(17-11-16-14)19-13-8-6-5-7-12(13)2/h10-13H,5-9H2,1-2H3/t12-,13+/m0/s1. The maximum Gasteiger partial charge on any atom is 0.221 e. The van der Waals surface area contributed by atoms with Crippen LogP contribution in [0.15, 0.2) is 12.4 Å². The van der Waals surface area contributed by atoms with E-state index in [1.807, 2.05) is 0 Å².